The van der Waals surface area contributed by atoms with Gasteiger partial charge in [0.25, 0.3) is 0 Å². The smallest absolute Gasteiger partial charge is 0.304 e. The number of carboxylic acids is 1. The lowest BCUT2D eigenvalue weighted by Gasteiger charge is -2.01. The molecule has 0 radical (unpaired) electrons. The van der Waals surface area contributed by atoms with Crippen LogP contribution in [0.25, 0.3) is 0 Å². The predicted octanol–water partition coefficient (Wildman–Crippen LogP) is -0.821. The Hall–Kier alpha value is -1.32. The standard InChI is InChI=1S/C8H12N2O2/c1-3-9-5-6-10(4-2)7(9)8(11)12/h5-6H,3-4H2,1-2H3. The summed E-state index contributed by atoms with van der Waals surface area (Å²) in [6, 6.07) is 0. The minimum Gasteiger partial charge on any atom is -0.538 e. The van der Waals surface area contributed by atoms with Crippen molar-refractivity contribution in [3.63, 3.8) is 0 Å². The third kappa shape index (κ3) is 1.32. The van der Waals surface area contributed by atoms with E-state index in [9.17, 15) is 9.90 Å². The third-order valence-corrected chi connectivity index (χ3v) is 1.83. The Kier molecular flexibility index (Phi) is 2.47. The molecule has 0 fully saturated rings. The molecule has 0 amide bonds. The first-order valence-electron chi connectivity index (χ1n) is 4.00. The van der Waals surface area contributed by atoms with Gasteiger partial charge < -0.3 is 9.90 Å². The second-order valence-electron chi connectivity index (χ2n) is 2.48. The zero-order valence-electron chi connectivity index (χ0n) is 7.28. The Bertz CT molecular complexity index is 270. The first-order chi connectivity index (χ1) is 5.70. The minimum absolute atomic E-state index is 0.236. The fourth-order valence-electron chi connectivity index (χ4n) is 1.21. The maximum atomic E-state index is 10.7. The molecule has 0 aliphatic rings. The fraction of sp³-hybridized carbons (Fsp3) is 0.500. The summed E-state index contributed by atoms with van der Waals surface area (Å²) in [7, 11) is 0. The number of aromatic nitrogens is 2. The summed E-state index contributed by atoms with van der Waals surface area (Å²) in [5.41, 5.74) is 0. The number of hydrogen-bond acceptors (Lipinski definition) is 2. The van der Waals surface area contributed by atoms with Crippen LogP contribution in [0.15, 0.2) is 12.4 Å². The largest absolute Gasteiger partial charge is 0.538 e. The quantitative estimate of drug-likeness (QED) is 0.553. The van der Waals surface area contributed by atoms with Gasteiger partial charge in [-0.05, 0) is 13.8 Å². The predicted molar refractivity (Wildman–Crippen MR) is 40.3 cm³/mol. The van der Waals surface area contributed by atoms with Crippen molar-refractivity contribution in [1.29, 1.82) is 0 Å². The summed E-state index contributed by atoms with van der Waals surface area (Å²) in [6.07, 6.45) is 3.49. The molecule has 0 saturated heterocycles. The van der Waals surface area contributed by atoms with E-state index in [0.717, 1.165) is 0 Å². The number of aromatic carboxylic acids is 1. The SMILES string of the molecule is CCn1cc[n+](CC)c1C(=O)[O-]. The highest BCUT2D eigenvalue weighted by atomic mass is 16.4. The molecule has 1 rings (SSSR count). The van der Waals surface area contributed by atoms with E-state index in [-0.39, 0.29) is 5.82 Å². The van der Waals surface area contributed by atoms with Gasteiger partial charge in [-0.3, -0.25) is 0 Å². The molecule has 0 aromatic carbocycles. The average Bonchev–Trinajstić information content (AvgIpc) is 2.46. The van der Waals surface area contributed by atoms with Gasteiger partial charge in [-0.15, -0.1) is 0 Å². The van der Waals surface area contributed by atoms with Crippen LogP contribution in [0.2, 0.25) is 0 Å². The number of imidazole rings is 1. The molecule has 0 N–H and O–H groups in total. The molecule has 0 spiro atoms. The van der Waals surface area contributed by atoms with Crippen molar-refractivity contribution in [1.82, 2.24) is 4.57 Å². The van der Waals surface area contributed by atoms with Crippen molar-refractivity contribution >= 4 is 5.97 Å². The Morgan fingerprint density at radius 1 is 1.67 bits per heavy atom. The molecule has 1 heterocycles. The molecular formula is C8H12N2O2. The first kappa shape index (κ1) is 8.77. The van der Waals surface area contributed by atoms with Gasteiger partial charge in [0.15, 0.2) is 5.97 Å². The molecule has 4 heteroatoms. The van der Waals surface area contributed by atoms with Crippen molar-refractivity contribution in [3.05, 3.63) is 18.2 Å². The normalized spacial score (nSPS) is 10.2. The maximum Gasteiger partial charge on any atom is 0.304 e. The van der Waals surface area contributed by atoms with Crippen molar-refractivity contribution in [3.8, 4) is 0 Å². The van der Waals surface area contributed by atoms with E-state index in [0.29, 0.717) is 13.1 Å². The lowest BCUT2D eigenvalue weighted by atomic mass is 10.5. The summed E-state index contributed by atoms with van der Waals surface area (Å²) in [4.78, 5) is 10.7. The highest BCUT2D eigenvalue weighted by molar-refractivity contribution is 5.79. The molecule has 0 aliphatic heterocycles. The number of carbonyl (C=O) groups excluding carboxylic acids is 1. The molecule has 0 atom stereocenters. The van der Waals surface area contributed by atoms with Crippen LogP contribution in [0.5, 0.6) is 0 Å². The van der Waals surface area contributed by atoms with Crippen LogP contribution in [0.1, 0.15) is 24.5 Å². The van der Waals surface area contributed by atoms with Crippen LogP contribution in [-0.4, -0.2) is 10.5 Å². The molecule has 0 saturated carbocycles. The van der Waals surface area contributed by atoms with Gasteiger partial charge in [-0.2, -0.15) is 0 Å². The van der Waals surface area contributed by atoms with Crippen LogP contribution >= 0.6 is 0 Å². The molecule has 0 bridgehead atoms. The van der Waals surface area contributed by atoms with Gasteiger partial charge in [0.2, 0.25) is 0 Å². The minimum atomic E-state index is -1.12. The Labute approximate surface area is 71.1 Å². The second kappa shape index (κ2) is 3.38. The lowest BCUT2D eigenvalue weighted by Crippen LogP contribution is -2.43. The summed E-state index contributed by atoms with van der Waals surface area (Å²) in [6.45, 7) is 5.09. The second-order valence-corrected chi connectivity index (χ2v) is 2.48. The number of nitrogens with zero attached hydrogens (tertiary/aromatic N) is 2. The molecule has 12 heavy (non-hydrogen) atoms. The summed E-state index contributed by atoms with van der Waals surface area (Å²) in [5.74, 6) is -0.885. The first-order valence-corrected chi connectivity index (χ1v) is 4.00. The van der Waals surface area contributed by atoms with Crippen LogP contribution in [0.4, 0.5) is 0 Å². The van der Waals surface area contributed by atoms with Crippen molar-refractivity contribution < 1.29 is 14.5 Å². The number of hydrogen-bond donors (Lipinski definition) is 0. The summed E-state index contributed by atoms with van der Waals surface area (Å²) < 4.78 is 3.30. The zero-order chi connectivity index (χ0) is 9.14. The van der Waals surface area contributed by atoms with Crippen molar-refractivity contribution in [2.45, 2.75) is 26.9 Å². The highest BCUT2D eigenvalue weighted by Crippen LogP contribution is 1.93. The van der Waals surface area contributed by atoms with Gasteiger partial charge in [0, 0.05) is 0 Å². The number of rotatable bonds is 3. The average molecular weight is 168 g/mol. The van der Waals surface area contributed by atoms with Crippen LogP contribution in [-0.2, 0) is 13.1 Å². The summed E-state index contributed by atoms with van der Waals surface area (Å²) in [5, 5.41) is 10.7. The highest BCUT2D eigenvalue weighted by Gasteiger charge is 2.14. The Morgan fingerprint density at radius 3 is 2.75 bits per heavy atom. The number of carbonyl (C=O) groups is 1. The van der Waals surface area contributed by atoms with Gasteiger partial charge in [-0.1, -0.05) is 0 Å². The third-order valence-electron chi connectivity index (χ3n) is 1.83. The van der Waals surface area contributed by atoms with Gasteiger partial charge in [0.05, 0.1) is 13.1 Å². The number of aryl methyl sites for hydroxylation is 2. The van der Waals surface area contributed by atoms with E-state index in [4.69, 9.17) is 0 Å². The maximum absolute atomic E-state index is 10.7. The van der Waals surface area contributed by atoms with Crippen LogP contribution in [0.3, 0.4) is 0 Å². The van der Waals surface area contributed by atoms with E-state index in [1.54, 1.807) is 21.5 Å². The number of carboxylic acid groups (broad SMARTS) is 1. The molecule has 0 aliphatic carbocycles. The van der Waals surface area contributed by atoms with Crippen LogP contribution < -0.4 is 9.67 Å². The Balaban J connectivity index is 3.16. The molecular weight excluding hydrogens is 156 g/mol. The molecule has 0 unspecified atom stereocenters. The fourth-order valence-corrected chi connectivity index (χ4v) is 1.21. The van der Waals surface area contributed by atoms with Gasteiger partial charge in [-0.25, -0.2) is 9.13 Å². The van der Waals surface area contributed by atoms with Crippen LogP contribution in [0, 0.1) is 0 Å². The Morgan fingerprint density at radius 2 is 2.33 bits per heavy atom. The van der Waals surface area contributed by atoms with Gasteiger partial charge in [0.1, 0.15) is 12.4 Å². The zero-order valence-corrected chi connectivity index (χ0v) is 7.28. The molecule has 1 aromatic heterocycles. The monoisotopic (exact) mass is 168 g/mol. The van der Waals surface area contributed by atoms with E-state index in [1.165, 1.54) is 0 Å². The lowest BCUT2D eigenvalue weighted by molar-refractivity contribution is -0.697. The van der Waals surface area contributed by atoms with Gasteiger partial charge >= 0.3 is 5.82 Å². The van der Waals surface area contributed by atoms with E-state index < -0.39 is 5.97 Å². The molecule has 4 nitrogen and oxygen atoms in total. The molecule has 66 valence electrons. The van der Waals surface area contributed by atoms with E-state index >= 15 is 0 Å². The molecule has 1 aromatic rings. The van der Waals surface area contributed by atoms with E-state index in [2.05, 4.69) is 0 Å². The summed E-state index contributed by atoms with van der Waals surface area (Å²) >= 11 is 0. The topological polar surface area (TPSA) is 48.9 Å². The van der Waals surface area contributed by atoms with Crippen molar-refractivity contribution in [2.75, 3.05) is 0 Å². The van der Waals surface area contributed by atoms with E-state index in [1.807, 2.05) is 13.8 Å². The van der Waals surface area contributed by atoms with Crippen molar-refractivity contribution in [2.24, 2.45) is 0 Å².